The van der Waals surface area contributed by atoms with Crippen LogP contribution in [0.15, 0.2) is 46.6 Å². The van der Waals surface area contributed by atoms with E-state index in [0.717, 1.165) is 26.4 Å². The number of hydrogen-bond acceptors (Lipinski definition) is 5. The van der Waals surface area contributed by atoms with Crippen LogP contribution in [-0.4, -0.2) is 23.4 Å². The van der Waals surface area contributed by atoms with Gasteiger partial charge in [0.1, 0.15) is 17.3 Å². The third-order valence-electron chi connectivity index (χ3n) is 4.90. The fraction of sp³-hybridized carbons (Fsp3) is 0.190. The Labute approximate surface area is 164 Å². The van der Waals surface area contributed by atoms with Crippen LogP contribution in [0.5, 0.6) is 5.75 Å². The zero-order chi connectivity index (χ0) is 19.4. The molecule has 0 radical (unpaired) electrons. The van der Waals surface area contributed by atoms with Gasteiger partial charge in [-0.25, -0.2) is 4.39 Å². The number of carbonyl (C=O) groups is 1. The number of halogens is 1. The molecule has 0 fully saturated rings. The fourth-order valence-electron chi connectivity index (χ4n) is 3.49. The van der Waals surface area contributed by atoms with Crippen LogP contribution in [0.2, 0.25) is 0 Å². The highest BCUT2D eigenvalue weighted by Crippen LogP contribution is 2.37. The third-order valence-corrected chi connectivity index (χ3v) is 6.01. The predicted molar refractivity (Wildman–Crippen MR) is 109 cm³/mol. The molecule has 1 aromatic heterocycles. The maximum atomic E-state index is 14.2. The van der Waals surface area contributed by atoms with Gasteiger partial charge in [0.2, 0.25) is 0 Å². The van der Waals surface area contributed by atoms with Gasteiger partial charge in [-0.1, -0.05) is 6.07 Å². The van der Waals surface area contributed by atoms with Crippen LogP contribution in [0.4, 0.5) is 10.1 Å². The van der Waals surface area contributed by atoms with Crippen molar-refractivity contribution in [3.8, 4) is 5.75 Å². The number of rotatable bonds is 1. The summed E-state index contributed by atoms with van der Waals surface area (Å²) >= 11 is 1.48. The van der Waals surface area contributed by atoms with Crippen molar-refractivity contribution in [1.82, 2.24) is 0 Å². The molecule has 0 saturated heterocycles. The van der Waals surface area contributed by atoms with Gasteiger partial charge in [0.05, 0.1) is 10.6 Å². The van der Waals surface area contributed by atoms with Crippen molar-refractivity contribution in [2.24, 2.45) is 10.2 Å². The molecular formula is C21H16FN3O2S. The summed E-state index contributed by atoms with van der Waals surface area (Å²) in [6.07, 6.45) is 0.0495. The van der Waals surface area contributed by atoms with Gasteiger partial charge >= 0.3 is 0 Å². The number of hydrogen-bond donors (Lipinski definition) is 1. The second-order valence-corrected chi connectivity index (χ2v) is 8.06. The summed E-state index contributed by atoms with van der Waals surface area (Å²) in [6.45, 7) is 3.62. The summed E-state index contributed by atoms with van der Waals surface area (Å²) in [6, 6.07) is 10.7. The molecule has 1 amide bonds. The lowest BCUT2D eigenvalue weighted by molar-refractivity contribution is -0.122. The third kappa shape index (κ3) is 2.70. The lowest BCUT2D eigenvalue weighted by atomic mass is 9.96. The van der Waals surface area contributed by atoms with Crippen LogP contribution in [-0.2, 0) is 11.2 Å². The Morgan fingerprint density at radius 2 is 2.11 bits per heavy atom. The van der Waals surface area contributed by atoms with E-state index in [2.05, 4.69) is 15.5 Å². The predicted octanol–water partition coefficient (Wildman–Crippen LogP) is 4.53. The van der Waals surface area contributed by atoms with Gasteiger partial charge in [0, 0.05) is 27.8 Å². The smallest absolute Gasteiger partial charge is 0.265 e. The van der Waals surface area contributed by atoms with Crippen molar-refractivity contribution in [2.75, 3.05) is 5.32 Å². The number of fused-ring (bicyclic) bond motifs is 3. The summed E-state index contributed by atoms with van der Waals surface area (Å²) in [5.74, 6) is 0.185. The highest BCUT2D eigenvalue weighted by atomic mass is 32.1. The van der Waals surface area contributed by atoms with Crippen molar-refractivity contribution in [2.45, 2.75) is 26.4 Å². The largest absolute Gasteiger partial charge is 0.479 e. The quantitative estimate of drug-likeness (QED) is 0.660. The molecule has 1 atom stereocenters. The van der Waals surface area contributed by atoms with E-state index in [1.54, 1.807) is 13.0 Å². The first-order chi connectivity index (χ1) is 13.5. The summed E-state index contributed by atoms with van der Waals surface area (Å²) in [7, 11) is 0. The first-order valence-corrected chi connectivity index (χ1v) is 9.75. The number of benzene rings is 2. The molecule has 0 spiro atoms. The van der Waals surface area contributed by atoms with Crippen LogP contribution < -0.4 is 10.1 Å². The number of thiophene rings is 1. The van der Waals surface area contributed by atoms with Gasteiger partial charge in [-0.3, -0.25) is 4.79 Å². The van der Waals surface area contributed by atoms with Crippen LogP contribution in [0, 0.1) is 5.82 Å². The number of carbonyl (C=O) groups excluding carboxylic acids is 1. The molecule has 2 aliphatic rings. The van der Waals surface area contributed by atoms with Gasteiger partial charge in [-0.15, -0.1) is 16.4 Å². The maximum absolute atomic E-state index is 14.2. The molecule has 28 heavy (non-hydrogen) atoms. The molecule has 2 aromatic carbocycles. The minimum absolute atomic E-state index is 0.166. The fourth-order valence-corrected chi connectivity index (χ4v) is 4.56. The molecule has 0 saturated carbocycles. The Bertz CT molecular complexity index is 1210. The molecule has 5 rings (SSSR count). The molecule has 0 bridgehead atoms. The Morgan fingerprint density at radius 1 is 1.25 bits per heavy atom. The minimum atomic E-state index is -0.562. The zero-order valence-electron chi connectivity index (χ0n) is 15.2. The second-order valence-electron chi connectivity index (χ2n) is 6.98. The monoisotopic (exact) mass is 393 g/mol. The van der Waals surface area contributed by atoms with E-state index >= 15 is 0 Å². The second kappa shape index (κ2) is 6.24. The normalized spacial score (nSPS) is 18.4. The topological polar surface area (TPSA) is 63.0 Å². The lowest BCUT2D eigenvalue weighted by Crippen LogP contribution is -2.34. The minimum Gasteiger partial charge on any atom is -0.479 e. The lowest BCUT2D eigenvalue weighted by Gasteiger charge is -2.25. The molecule has 140 valence electrons. The molecule has 2 aliphatic heterocycles. The molecule has 0 aliphatic carbocycles. The van der Waals surface area contributed by atoms with Crippen LogP contribution in [0.25, 0.3) is 10.1 Å². The van der Waals surface area contributed by atoms with Gasteiger partial charge in [0.15, 0.2) is 6.10 Å². The van der Waals surface area contributed by atoms with E-state index in [-0.39, 0.29) is 11.7 Å². The van der Waals surface area contributed by atoms with Crippen LogP contribution >= 0.6 is 11.3 Å². The van der Waals surface area contributed by atoms with Gasteiger partial charge in [0.25, 0.3) is 5.91 Å². The molecule has 1 N–H and O–H groups in total. The Morgan fingerprint density at radius 3 is 2.93 bits per heavy atom. The average molecular weight is 393 g/mol. The first kappa shape index (κ1) is 17.1. The summed E-state index contributed by atoms with van der Waals surface area (Å²) in [4.78, 5) is 12.8. The highest BCUT2D eigenvalue weighted by Gasteiger charge is 2.27. The van der Waals surface area contributed by atoms with E-state index in [4.69, 9.17) is 4.74 Å². The molecule has 3 heterocycles. The van der Waals surface area contributed by atoms with E-state index in [1.165, 1.54) is 17.4 Å². The Kier molecular flexibility index (Phi) is 3.80. The molecule has 5 nitrogen and oxygen atoms in total. The van der Waals surface area contributed by atoms with Crippen molar-refractivity contribution in [1.29, 1.82) is 0 Å². The van der Waals surface area contributed by atoms with E-state index in [0.29, 0.717) is 29.0 Å². The van der Waals surface area contributed by atoms with E-state index < -0.39 is 6.10 Å². The SMILES string of the molecule is CC1=NN=C(c2cc3c(F)cccc3s2)c2cc3c(cc2C1)NC(=O)C(C)O3. The van der Waals surface area contributed by atoms with Crippen LogP contribution in [0.1, 0.15) is 29.9 Å². The van der Waals surface area contributed by atoms with E-state index in [9.17, 15) is 9.18 Å². The highest BCUT2D eigenvalue weighted by molar-refractivity contribution is 7.21. The zero-order valence-corrected chi connectivity index (χ0v) is 16.1. The molecule has 7 heteroatoms. The Balaban J connectivity index is 1.70. The van der Waals surface area contributed by atoms with Crippen molar-refractivity contribution in [3.05, 3.63) is 58.2 Å². The van der Waals surface area contributed by atoms with Crippen molar-refractivity contribution < 1.29 is 13.9 Å². The molecular weight excluding hydrogens is 377 g/mol. The number of nitrogens with zero attached hydrogens (tertiary/aromatic N) is 2. The van der Waals surface area contributed by atoms with Gasteiger partial charge < -0.3 is 10.1 Å². The summed E-state index contributed by atoms with van der Waals surface area (Å²) in [5, 5.41) is 12.3. The standard InChI is InChI=1S/C21H16FN3O2S/c1-10-6-12-7-16-17(27-11(2)21(26)23-16)8-13(12)20(25-24-10)19-9-14-15(22)4-3-5-18(14)28-19/h3-5,7-9,11H,6H2,1-2H3,(H,23,26). The number of amides is 1. The van der Waals surface area contributed by atoms with Gasteiger partial charge in [-0.05, 0) is 49.7 Å². The van der Waals surface area contributed by atoms with Crippen molar-refractivity contribution >= 4 is 44.4 Å². The summed E-state index contributed by atoms with van der Waals surface area (Å²) in [5.41, 5.74) is 4.07. The number of anilines is 1. The Hall–Kier alpha value is -3.06. The van der Waals surface area contributed by atoms with E-state index in [1.807, 2.05) is 31.2 Å². The van der Waals surface area contributed by atoms with Gasteiger partial charge in [-0.2, -0.15) is 5.10 Å². The molecule has 1 unspecified atom stereocenters. The number of ether oxygens (including phenoxy) is 1. The molecule has 3 aromatic rings. The number of nitrogens with one attached hydrogen (secondary N) is 1. The van der Waals surface area contributed by atoms with Crippen LogP contribution in [0.3, 0.4) is 0 Å². The summed E-state index contributed by atoms with van der Waals surface area (Å²) < 4.78 is 20.8. The maximum Gasteiger partial charge on any atom is 0.265 e. The van der Waals surface area contributed by atoms with Crippen molar-refractivity contribution in [3.63, 3.8) is 0 Å². The first-order valence-electron chi connectivity index (χ1n) is 8.94. The average Bonchev–Trinajstić information content (AvgIpc) is 3.02.